The van der Waals surface area contributed by atoms with Crippen molar-refractivity contribution in [1.29, 1.82) is 0 Å². The number of fused-ring (bicyclic) bond motifs is 1. The van der Waals surface area contributed by atoms with E-state index in [9.17, 15) is 4.79 Å². The van der Waals surface area contributed by atoms with Crippen LogP contribution in [0.25, 0.3) is 0 Å². The van der Waals surface area contributed by atoms with Crippen molar-refractivity contribution in [3.63, 3.8) is 0 Å². The molecule has 0 unspecified atom stereocenters. The molecule has 0 radical (unpaired) electrons. The van der Waals surface area contributed by atoms with Crippen LogP contribution in [0.1, 0.15) is 79.1 Å². The maximum atomic E-state index is 12.7. The van der Waals surface area contributed by atoms with E-state index in [1.807, 2.05) is 6.07 Å². The number of aryl methyl sites for hydroxylation is 1. The lowest BCUT2D eigenvalue weighted by Crippen LogP contribution is -2.34. The largest absolute Gasteiger partial charge is 0.456 e. The predicted octanol–water partition coefficient (Wildman–Crippen LogP) is 8.09. The number of anilines is 1. The summed E-state index contributed by atoms with van der Waals surface area (Å²) < 4.78 is 5.90. The third kappa shape index (κ3) is 4.46. The molecule has 1 heterocycles. The fourth-order valence-corrected chi connectivity index (χ4v) is 4.85. The van der Waals surface area contributed by atoms with E-state index in [-0.39, 0.29) is 22.5 Å². The van der Waals surface area contributed by atoms with Crippen molar-refractivity contribution in [2.24, 2.45) is 0 Å². The van der Waals surface area contributed by atoms with E-state index in [0.29, 0.717) is 22.2 Å². The summed E-state index contributed by atoms with van der Waals surface area (Å²) >= 11 is 12.2. The molecule has 0 fully saturated rings. The topological polar surface area (TPSA) is 42.2 Å². The van der Waals surface area contributed by atoms with Crippen LogP contribution in [-0.4, -0.2) is 5.91 Å². The van der Waals surface area contributed by atoms with Crippen molar-refractivity contribution in [2.75, 3.05) is 5.32 Å². The van der Waals surface area contributed by atoms with Crippen LogP contribution in [0.15, 0.2) is 46.9 Å². The normalized spacial score (nSPS) is 16.5. The third-order valence-electron chi connectivity index (χ3n) is 6.74. The van der Waals surface area contributed by atoms with Crippen molar-refractivity contribution in [2.45, 2.75) is 64.7 Å². The minimum absolute atomic E-state index is 0.151. The van der Waals surface area contributed by atoms with Crippen LogP contribution in [-0.2, 0) is 17.3 Å². The highest BCUT2D eigenvalue weighted by atomic mass is 35.5. The lowest BCUT2D eigenvalue weighted by Gasteiger charge is -2.42. The molecular weight excluding hydrogens is 441 g/mol. The number of carbonyl (C=O) groups excluding carboxylic acids is 1. The number of benzene rings is 2. The highest BCUT2D eigenvalue weighted by Crippen LogP contribution is 2.46. The van der Waals surface area contributed by atoms with Crippen LogP contribution in [0.4, 0.5) is 5.69 Å². The number of rotatable bonds is 4. The molecule has 0 atom stereocenters. The van der Waals surface area contributed by atoms with Crippen LogP contribution in [0, 0.1) is 6.92 Å². The van der Waals surface area contributed by atoms with Gasteiger partial charge < -0.3 is 9.73 Å². The molecule has 4 rings (SSSR count). The second kappa shape index (κ2) is 8.28. The molecule has 5 heteroatoms. The zero-order valence-electron chi connectivity index (χ0n) is 19.2. The number of hydrogen-bond acceptors (Lipinski definition) is 2. The summed E-state index contributed by atoms with van der Waals surface area (Å²) in [4.78, 5) is 12.7. The molecule has 168 valence electrons. The molecule has 1 aromatic heterocycles. The Kier molecular flexibility index (Phi) is 5.94. The smallest absolute Gasteiger partial charge is 0.291 e. The van der Waals surface area contributed by atoms with Gasteiger partial charge in [-0.25, -0.2) is 0 Å². The Bertz CT molecular complexity index is 1190. The summed E-state index contributed by atoms with van der Waals surface area (Å²) in [6.45, 7) is 11.5. The van der Waals surface area contributed by atoms with E-state index >= 15 is 0 Å². The lowest BCUT2D eigenvalue weighted by molar-refractivity contribution is 0.0995. The van der Waals surface area contributed by atoms with Crippen LogP contribution in [0.5, 0.6) is 0 Å². The highest BCUT2D eigenvalue weighted by molar-refractivity contribution is 6.35. The molecule has 32 heavy (non-hydrogen) atoms. The van der Waals surface area contributed by atoms with Gasteiger partial charge in [-0.15, -0.1) is 0 Å². The standard InChI is InChI=1S/C27H29Cl2NO2/c1-16-12-20-21(27(4,5)11-10-26(20,2)3)14-17(16)13-19-7-9-24(32-19)25(31)30-23-15-18(28)6-8-22(23)29/h6-9,12,14-15H,10-11,13H2,1-5H3,(H,30,31). The van der Waals surface area contributed by atoms with Gasteiger partial charge in [0.2, 0.25) is 0 Å². The molecule has 1 aliphatic rings. The Morgan fingerprint density at radius 2 is 1.62 bits per heavy atom. The van der Waals surface area contributed by atoms with E-state index in [4.69, 9.17) is 27.6 Å². The van der Waals surface area contributed by atoms with E-state index in [0.717, 1.165) is 5.76 Å². The first-order valence-electron chi connectivity index (χ1n) is 11.0. The van der Waals surface area contributed by atoms with Crippen LogP contribution < -0.4 is 5.32 Å². The van der Waals surface area contributed by atoms with Gasteiger partial charge in [0.15, 0.2) is 5.76 Å². The molecular formula is C27H29Cl2NO2. The minimum Gasteiger partial charge on any atom is -0.456 e. The summed E-state index contributed by atoms with van der Waals surface area (Å²) in [6.07, 6.45) is 3.01. The zero-order chi connectivity index (χ0) is 23.3. The van der Waals surface area contributed by atoms with Gasteiger partial charge in [-0.05, 0) is 83.2 Å². The van der Waals surface area contributed by atoms with Gasteiger partial charge in [0.1, 0.15) is 5.76 Å². The predicted molar refractivity (Wildman–Crippen MR) is 132 cm³/mol. The Hall–Kier alpha value is -2.23. The summed E-state index contributed by atoms with van der Waals surface area (Å²) in [7, 11) is 0. The average Bonchev–Trinajstić information content (AvgIpc) is 3.18. The molecule has 0 saturated carbocycles. The first kappa shape index (κ1) is 22.9. The van der Waals surface area contributed by atoms with Crippen molar-refractivity contribution in [1.82, 2.24) is 0 Å². The Morgan fingerprint density at radius 1 is 0.969 bits per heavy atom. The van der Waals surface area contributed by atoms with Crippen LogP contribution in [0.2, 0.25) is 10.0 Å². The molecule has 1 amide bonds. The van der Waals surface area contributed by atoms with Gasteiger partial charge in [0, 0.05) is 11.4 Å². The number of hydrogen-bond donors (Lipinski definition) is 1. The van der Waals surface area contributed by atoms with Crippen molar-refractivity contribution in [3.8, 4) is 0 Å². The Morgan fingerprint density at radius 3 is 2.31 bits per heavy atom. The quantitative estimate of drug-likeness (QED) is 0.419. The second-order valence-corrected chi connectivity index (χ2v) is 11.0. The molecule has 0 saturated heterocycles. The van der Waals surface area contributed by atoms with E-state index < -0.39 is 0 Å². The molecule has 1 N–H and O–H groups in total. The Balaban J connectivity index is 1.57. The number of nitrogens with one attached hydrogen (secondary N) is 1. The summed E-state index contributed by atoms with van der Waals surface area (Å²) in [5.74, 6) is 0.641. The molecule has 0 bridgehead atoms. The van der Waals surface area contributed by atoms with E-state index in [1.54, 1.807) is 24.3 Å². The molecule has 0 spiro atoms. The number of furan rings is 1. The molecule has 0 aliphatic heterocycles. The fraction of sp³-hybridized carbons (Fsp3) is 0.370. The minimum atomic E-state index is -0.356. The van der Waals surface area contributed by atoms with Crippen molar-refractivity contribution < 1.29 is 9.21 Å². The van der Waals surface area contributed by atoms with Crippen molar-refractivity contribution in [3.05, 3.63) is 86.3 Å². The highest BCUT2D eigenvalue weighted by Gasteiger charge is 2.37. The van der Waals surface area contributed by atoms with Crippen LogP contribution >= 0.6 is 23.2 Å². The molecule has 3 aromatic rings. The molecule has 1 aliphatic carbocycles. The number of amides is 1. The maximum absolute atomic E-state index is 12.7. The zero-order valence-corrected chi connectivity index (χ0v) is 20.7. The summed E-state index contributed by atoms with van der Waals surface area (Å²) in [5.41, 5.74) is 6.15. The SMILES string of the molecule is Cc1cc2c(cc1Cc1ccc(C(=O)Nc3cc(Cl)ccc3Cl)o1)C(C)(C)CCC2(C)C. The van der Waals surface area contributed by atoms with Gasteiger partial charge in [-0.1, -0.05) is 63.0 Å². The average molecular weight is 470 g/mol. The van der Waals surface area contributed by atoms with Gasteiger partial charge >= 0.3 is 0 Å². The van der Waals surface area contributed by atoms with Gasteiger partial charge in [0.25, 0.3) is 5.91 Å². The lowest BCUT2D eigenvalue weighted by atomic mass is 9.62. The van der Waals surface area contributed by atoms with Crippen molar-refractivity contribution >= 4 is 34.8 Å². The van der Waals surface area contributed by atoms with Crippen LogP contribution in [0.3, 0.4) is 0 Å². The Labute approximate surface area is 200 Å². The monoisotopic (exact) mass is 469 g/mol. The first-order valence-corrected chi connectivity index (χ1v) is 11.7. The maximum Gasteiger partial charge on any atom is 0.291 e. The summed E-state index contributed by atoms with van der Waals surface area (Å²) in [6, 6.07) is 13.2. The van der Waals surface area contributed by atoms with Gasteiger partial charge in [0.05, 0.1) is 10.7 Å². The number of halogens is 2. The summed E-state index contributed by atoms with van der Waals surface area (Å²) in [5, 5.41) is 3.69. The van der Waals surface area contributed by atoms with Gasteiger partial charge in [-0.2, -0.15) is 0 Å². The van der Waals surface area contributed by atoms with E-state index in [1.165, 1.54) is 35.1 Å². The van der Waals surface area contributed by atoms with E-state index in [2.05, 4.69) is 52.1 Å². The molecule has 3 nitrogen and oxygen atoms in total. The fourth-order valence-electron chi connectivity index (χ4n) is 4.52. The van der Waals surface area contributed by atoms with Gasteiger partial charge in [-0.3, -0.25) is 4.79 Å². The second-order valence-electron chi connectivity index (χ2n) is 10.1. The molecule has 2 aromatic carbocycles. The number of carbonyl (C=O) groups is 1. The third-order valence-corrected chi connectivity index (χ3v) is 7.30. The first-order chi connectivity index (χ1) is 15.0.